The van der Waals surface area contributed by atoms with Crippen LogP contribution in [0, 0.1) is 5.82 Å². The van der Waals surface area contributed by atoms with Crippen LogP contribution in [0.5, 0.6) is 0 Å². The minimum Gasteiger partial charge on any atom is -0.478 e. The van der Waals surface area contributed by atoms with Crippen LogP contribution in [0.2, 0.25) is 0 Å². The van der Waals surface area contributed by atoms with E-state index in [1.54, 1.807) is 30.3 Å². The lowest BCUT2D eigenvalue weighted by Gasteiger charge is -2.14. The Morgan fingerprint density at radius 3 is 2.38 bits per heavy atom. The summed E-state index contributed by atoms with van der Waals surface area (Å²) < 4.78 is 13.5. The molecule has 108 valence electrons. The van der Waals surface area contributed by atoms with Gasteiger partial charge < -0.3 is 16.2 Å². The van der Waals surface area contributed by atoms with Crippen LogP contribution in [0.3, 0.4) is 0 Å². The molecule has 0 aliphatic heterocycles. The molecule has 21 heavy (non-hydrogen) atoms. The largest absolute Gasteiger partial charge is 0.478 e. The van der Waals surface area contributed by atoms with E-state index in [0.29, 0.717) is 5.56 Å². The summed E-state index contributed by atoms with van der Waals surface area (Å²) in [7, 11) is 0. The third-order valence-corrected chi connectivity index (χ3v) is 2.93. The van der Waals surface area contributed by atoms with Gasteiger partial charge in [0, 0.05) is 0 Å². The predicted molar refractivity (Wildman–Crippen MR) is 75.4 cm³/mol. The van der Waals surface area contributed by atoms with E-state index in [0.717, 1.165) is 6.07 Å². The summed E-state index contributed by atoms with van der Waals surface area (Å²) in [6, 6.07) is 11.2. The van der Waals surface area contributed by atoms with Crippen LogP contribution in [-0.4, -0.2) is 17.0 Å². The first kappa shape index (κ1) is 14.7. The van der Waals surface area contributed by atoms with Crippen molar-refractivity contribution in [1.29, 1.82) is 0 Å². The van der Waals surface area contributed by atoms with Gasteiger partial charge in [0.25, 0.3) is 0 Å². The second-order valence-electron chi connectivity index (χ2n) is 4.35. The van der Waals surface area contributed by atoms with E-state index in [4.69, 9.17) is 10.8 Å². The van der Waals surface area contributed by atoms with Crippen LogP contribution in [-0.2, 0) is 4.79 Å². The molecule has 0 bridgehead atoms. The van der Waals surface area contributed by atoms with E-state index in [2.05, 4.69) is 5.32 Å². The molecule has 0 radical (unpaired) electrons. The number of aromatic carboxylic acids is 1. The van der Waals surface area contributed by atoms with E-state index >= 15 is 0 Å². The third-order valence-electron chi connectivity index (χ3n) is 2.93. The highest BCUT2D eigenvalue weighted by molar-refractivity contribution is 6.02. The summed E-state index contributed by atoms with van der Waals surface area (Å²) in [6.45, 7) is 0. The number of carbonyl (C=O) groups is 2. The Hall–Kier alpha value is -2.73. The first-order chi connectivity index (χ1) is 10.0. The Labute approximate surface area is 120 Å². The fourth-order valence-electron chi connectivity index (χ4n) is 1.87. The molecule has 2 aromatic rings. The SMILES string of the molecule is N[C@H](C(=O)Nc1cccc(F)c1C(=O)O)c1ccccc1. The molecular formula is C15H13FN2O3. The van der Waals surface area contributed by atoms with E-state index in [-0.39, 0.29) is 5.69 Å². The number of amides is 1. The van der Waals surface area contributed by atoms with Crippen LogP contribution >= 0.6 is 0 Å². The molecule has 2 rings (SSSR count). The van der Waals surface area contributed by atoms with E-state index in [1.165, 1.54) is 12.1 Å². The van der Waals surface area contributed by atoms with Crippen molar-refractivity contribution in [1.82, 2.24) is 0 Å². The molecule has 1 amide bonds. The predicted octanol–water partition coefficient (Wildman–Crippen LogP) is 2.16. The fourth-order valence-corrected chi connectivity index (χ4v) is 1.87. The van der Waals surface area contributed by atoms with Crippen LogP contribution in [0.1, 0.15) is 22.0 Å². The summed E-state index contributed by atoms with van der Waals surface area (Å²) in [6.07, 6.45) is 0. The van der Waals surface area contributed by atoms with Gasteiger partial charge in [0.15, 0.2) is 0 Å². The van der Waals surface area contributed by atoms with Crippen LogP contribution in [0.4, 0.5) is 10.1 Å². The highest BCUT2D eigenvalue weighted by Gasteiger charge is 2.20. The van der Waals surface area contributed by atoms with Crippen molar-refractivity contribution < 1.29 is 19.1 Å². The van der Waals surface area contributed by atoms with Crippen LogP contribution < -0.4 is 11.1 Å². The van der Waals surface area contributed by atoms with Gasteiger partial charge in [-0.2, -0.15) is 0 Å². The number of hydrogen-bond acceptors (Lipinski definition) is 3. The first-order valence-electron chi connectivity index (χ1n) is 6.14. The van der Waals surface area contributed by atoms with Gasteiger partial charge in [-0.1, -0.05) is 36.4 Å². The van der Waals surface area contributed by atoms with Crippen molar-refractivity contribution in [3.05, 3.63) is 65.5 Å². The van der Waals surface area contributed by atoms with Gasteiger partial charge in [0.2, 0.25) is 5.91 Å². The molecule has 0 spiro atoms. The van der Waals surface area contributed by atoms with Crippen molar-refractivity contribution in [3.8, 4) is 0 Å². The quantitative estimate of drug-likeness (QED) is 0.803. The smallest absolute Gasteiger partial charge is 0.340 e. The summed E-state index contributed by atoms with van der Waals surface area (Å²) >= 11 is 0. The summed E-state index contributed by atoms with van der Waals surface area (Å²) in [5, 5.41) is 11.3. The number of anilines is 1. The van der Waals surface area contributed by atoms with Gasteiger partial charge in [0.1, 0.15) is 17.4 Å². The molecule has 5 nitrogen and oxygen atoms in total. The first-order valence-corrected chi connectivity index (χ1v) is 6.14. The van der Waals surface area contributed by atoms with Gasteiger partial charge in [-0.3, -0.25) is 4.79 Å². The number of nitrogens with one attached hydrogen (secondary N) is 1. The Bertz CT molecular complexity index is 674. The lowest BCUT2D eigenvalue weighted by Crippen LogP contribution is -2.28. The average Bonchev–Trinajstić information content (AvgIpc) is 2.47. The Morgan fingerprint density at radius 2 is 1.76 bits per heavy atom. The molecule has 2 aromatic carbocycles. The molecule has 0 fully saturated rings. The molecule has 0 saturated heterocycles. The molecule has 0 unspecified atom stereocenters. The molecule has 0 heterocycles. The van der Waals surface area contributed by atoms with Crippen molar-refractivity contribution in [2.24, 2.45) is 5.73 Å². The van der Waals surface area contributed by atoms with Gasteiger partial charge in [-0.15, -0.1) is 0 Å². The molecule has 1 atom stereocenters. The number of carboxylic acids is 1. The highest BCUT2D eigenvalue weighted by Crippen LogP contribution is 2.20. The summed E-state index contributed by atoms with van der Waals surface area (Å²) in [5.41, 5.74) is 5.65. The van der Waals surface area contributed by atoms with Gasteiger partial charge >= 0.3 is 5.97 Å². The van der Waals surface area contributed by atoms with Gasteiger partial charge in [-0.05, 0) is 17.7 Å². The maximum absolute atomic E-state index is 13.5. The average molecular weight is 288 g/mol. The minimum atomic E-state index is -1.46. The Morgan fingerprint density at radius 1 is 1.10 bits per heavy atom. The lowest BCUT2D eigenvalue weighted by atomic mass is 10.1. The van der Waals surface area contributed by atoms with E-state index in [1.807, 2.05) is 0 Å². The second-order valence-corrected chi connectivity index (χ2v) is 4.35. The molecule has 0 saturated carbocycles. The topological polar surface area (TPSA) is 92.4 Å². The number of nitrogens with two attached hydrogens (primary N) is 1. The normalized spacial score (nSPS) is 11.7. The van der Waals surface area contributed by atoms with E-state index < -0.39 is 29.3 Å². The second kappa shape index (κ2) is 6.15. The number of carbonyl (C=O) groups excluding carboxylic acids is 1. The Balaban J connectivity index is 2.25. The number of rotatable bonds is 4. The third kappa shape index (κ3) is 3.24. The minimum absolute atomic E-state index is 0.126. The summed E-state index contributed by atoms with van der Waals surface area (Å²) in [5.74, 6) is -3.00. The molecule has 0 aromatic heterocycles. The fraction of sp³-hybridized carbons (Fsp3) is 0.0667. The Kier molecular flexibility index (Phi) is 4.30. The van der Waals surface area contributed by atoms with Crippen molar-refractivity contribution in [2.45, 2.75) is 6.04 Å². The summed E-state index contributed by atoms with van der Waals surface area (Å²) in [4.78, 5) is 23.1. The van der Waals surface area contributed by atoms with Crippen LogP contribution in [0.25, 0.3) is 0 Å². The van der Waals surface area contributed by atoms with Crippen molar-refractivity contribution in [2.75, 3.05) is 5.32 Å². The molecule has 0 aliphatic rings. The number of halogens is 1. The van der Waals surface area contributed by atoms with Gasteiger partial charge in [-0.25, -0.2) is 9.18 Å². The van der Waals surface area contributed by atoms with Crippen LogP contribution in [0.15, 0.2) is 48.5 Å². The molecular weight excluding hydrogens is 275 g/mol. The molecule has 6 heteroatoms. The molecule has 0 aliphatic carbocycles. The van der Waals surface area contributed by atoms with Crippen molar-refractivity contribution in [3.63, 3.8) is 0 Å². The van der Waals surface area contributed by atoms with Gasteiger partial charge in [0.05, 0.1) is 5.69 Å². The maximum atomic E-state index is 13.5. The maximum Gasteiger partial charge on any atom is 0.340 e. The number of hydrogen-bond donors (Lipinski definition) is 3. The zero-order valence-electron chi connectivity index (χ0n) is 10.9. The lowest BCUT2D eigenvalue weighted by molar-refractivity contribution is -0.117. The number of benzene rings is 2. The zero-order valence-corrected chi connectivity index (χ0v) is 10.9. The van der Waals surface area contributed by atoms with Crippen molar-refractivity contribution >= 4 is 17.6 Å². The monoisotopic (exact) mass is 288 g/mol. The standard InChI is InChI=1S/C15H13FN2O3/c16-10-7-4-8-11(12(10)15(20)21)18-14(19)13(17)9-5-2-1-3-6-9/h1-8,13H,17H2,(H,18,19)(H,20,21)/t13-/m0/s1. The number of carboxylic acid groups (broad SMARTS) is 1. The van der Waals surface area contributed by atoms with E-state index in [9.17, 15) is 14.0 Å². The highest BCUT2D eigenvalue weighted by atomic mass is 19.1. The molecule has 4 N–H and O–H groups in total. The zero-order chi connectivity index (χ0) is 15.4.